The number of hydrogen-bond acceptors (Lipinski definition) is 2. The zero-order valence-electron chi connectivity index (χ0n) is 9.55. The van der Waals surface area contributed by atoms with Crippen molar-refractivity contribution in [3.8, 4) is 5.75 Å². The summed E-state index contributed by atoms with van der Waals surface area (Å²) in [7, 11) is 0. The third kappa shape index (κ3) is 3.65. The molecule has 0 amide bonds. The summed E-state index contributed by atoms with van der Waals surface area (Å²) in [5.74, 6) is 0.876. The third-order valence-electron chi connectivity index (χ3n) is 2.28. The Kier molecular flexibility index (Phi) is 5.03. The second kappa shape index (κ2) is 6.06. The number of halogens is 1. The predicted octanol–water partition coefficient (Wildman–Crippen LogP) is 3.27. The van der Waals surface area contributed by atoms with Crippen molar-refractivity contribution in [1.29, 1.82) is 0 Å². The van der Waals surface area contributed by atoms with Crippen LogP contribution in [0.3, 0.4) is 0 Å². The minimum absolute atomic E-state index is 0.513. The van der Waals surface area contributed by atoms with E-state index >= 15 is 0 Å². The van der Waals surface area contributed by atoms with Gasteiger partial charge in [-0.3, -0.25) is 0 Å². The lowest BCUT2D eigenvalue weighted by molar-refractivity contribution is 0.336. The lowest BCUT2D eigenvalue weighted by Crippen LogP contribution is -2.09. The average molecular weight is 258 g/mol. The van der Waals surface area contributed by atoms with E-state index in [0.717, 1.165) is 28.3 Å². The molecule has 0 radical (unpaired) electrons. The molecular weight excluding hydrogens is 242 g/mol. The molecule has 0 atom stereocenters. The fraction of sp³-hybridized carbons (Fsp3) is 0.417. The van der Waals surface area contributed by atoms with E-state index in [1.54, 1.807) is 0 Å². The first-order valence-corrected chi connectivity index (χ1v) is 6.03. The fourth-order valence-electron chi connectivity index (χ4n) is 1.44. The van der Waals surface area contributed by atoms with Gasteiger partial charge in [-0.05, 0) is 43.5 Å². The van der Waals surface area contributed by atoms with Gasteiger partial charge in [0.25, 0.3) is 0 Å². The molecule has 0 heterocycles. The van der Waals surface area contributed by atoms with Crippen LogP contribution in [0.5, 0.6) is 5.75 Å². The van der Waals surface area contributed by atoms with Crippen molar-refractivity contribution in [2.24, 2.45) is 5.73 Å². The molecule has 0 bridgehead atoms. The Labute approximate surface area is 107 Å². The Morgan fingerprint density at radius 2 is 2.19 bits per heavy atom. The highest BCUT2D eigenvalue weighted by atomic mass is 35.5. The lowest BCUT2D eigenvalue weighted by Gasteiger charge is -2.12. The zero-order valence-corrected chi connectivity index (χ0v) is 11.1. The van der Waals surface area contributed by atoms with Gasteiger partial charge < -0.3 is 10.5 Å². The maximum absolute atomic E-state index is 6.08. The van der Waals surface area contributed by atoms with Gasteiger partial charge in [0.1, 0.15) is 5.75 Å². The number of rotatable bonds is 5. The van der Waals surface area contributed by atoms with Crippen molar-refractivity contribution < 1.29 is 4.74 Å². The van der Waals surface area contributed by atoms with Gasteiger partial charge in [0, 0.05) is 11.4 Å². The number of ether oxygens (including phenoxy) is 1. The summed E-state index contributed by atoms with van der Waals surface area (Å²) in [6, 6.07) is 3.89. The highest BCUT2D eigenvalue weighted by molar-refractivity contribution is 7.80. The SMILES string of the molecule is CCOc1cc(C)c(Cl)cc1CCC(N)=S. The van der Waals surface area contributed by atoms with Crippen LogP contribution in [0.1, 0.15) is 24.5 Å². The molecule has 0 aliphatic carbocycles. The van der Waals surface area contributed by atoms with Crippen molar-refractivity contribution in [2.75, 3.05) is 6.61 Å². The molecular formula is C12H16ClNOS. The standard InChI is InChI=1S/C12H16ClNOS/c1-3-15-11-6-8(2)10(13)7-9(11)4-5-12(14)16/h6-7H,3-5H2,1-2H3,(H2,14,16). The van der Waals surface area contributed by atoms with Crippen molar-refractivity contribution in [3.63, 3.8) is 0 Å². The van der Waals surface area contributed by atoms with Crippen LogP contribution in [-0.2, 0) is 6.42 Å². The van der Waals surface area contributed by atoms with Gasteiger partial charge >= 0.3 is 0 Å². The van der Waals surface area contributed by atoms with Crippen LogP contribution in [0.15, 0.2) is 12.1 Å². The number of hydrogen-bond donors (Lipinski definition) is 1. The van der Waals surface area contributed by atoms with Crippen LogP contribution in [0, 0.1) is 6.92 Å². The Balaban J connectivity index is 2.94. The van der Waals surface area contributed by atoms with Crippen LogP contribution in [0.2, 0.25) is 5.02 Å². The smallest absolute Gasteiger partial charge is 0.122 e. The maximum Gasteiger partial charge on any atom is 0.122 e. The Morgan fingerprint density at radius 3 is 2.75 bits per heavy atom. The largest absolute Gasteiger partial charge is 0.494 e. The van der Waals surface area contributed by atoms with E-state index in [2.05, 4.69) is 0 Å². The van der Waals surface area contributed by atoms with Gasteiger partial charge in [0.2, 0.25) is 0 Å². The Bertz CT molecular complexity index is 393. The monoisotopic (exact) mass is 257 g/mol. The van der Waals surface area contributed by atoms with Gasteiger partial charge in [0.05, 0.1) is 11.6 Å². The van der Waals surface area contributed by atoms with E-state index in [9.17, 15) is 0 Å². The van der Waals surface area contributed by atoms with E-state index < -0.39 is 0 Å². The van der Waals surface area contributed by atoms with Crippen molar-refractivity contribution in [3.05, 3.63) is 28.3 Å². The summed E-state index contributed by atoms with van der Waals surface area (Å²) in [6.45, 7) is 4.56. The van der Waals surface area contributed by atoms with Crippen molar-refractivity contribution >= 4 is 28.8 Å². The van der Waals surface area contributed by atoms with Crippen LogP contribution < -0.4 is 10.5 Å². The van der Waals surface area contributed by atoms with Crippen LogP contribution in [0.25, 0.3) is 0 Å². The van der Waals surface area contributed by atoms with Gasteiger partial charge in [0.15, 0.2) is 0 Å². The van der Waals surface area contributed by atoms with E-state index in [1.165, 1.54) is 0 Å². The summed E-state index contributed by atoms with van der Waals surface area (Å²) in [5.41, 5.74) is 7.57. The molecule has 0 aliphatic heterocycles. The molecule has 0 aromatic heterocycles. The molecule has 0 saturated heterocycles. The minimum atomic E-state index is 0.513. The normalized spacial score (nSPS) is 10.2. The second-order valence-corrected chi connectivity index (χ2v) is 4.54. The van der Waals surface area contributed by atoms with Gasteiger partial charge in [-0.2, -0.15) is 0 Å². The van der Waals surface area contributed by atoms with Crippen molar-refractivity contribution in [1.82, 2.24) is 0 Å². The maximum atomic E-state index is 6.08. The summed E-state index contributed by atoms with van der Waals surface area (Å²) in [5, 5.41) is 0.751. The molecule has 2 nitrogen and oxygen atoms in total. The van der Waals surface area contributed by atoms with E-state index in [1.807, 2.05) is 26.0 Å². The topological polar surface area (TPSA) is 35.2 Å². The molecule has 0 saturated carbocycles. The molecule has 1 aromatic carbocycles. The van der Waals surface area contributed by atoms with E-state index in [0.29, 0.717) is 18.0 Å². The molecule has 2 N–H and O–H groups in total. The average Bonchev–Trinajstić information content (AvgIpc) is 2.21. The van der Waals surface area contributed by atoms with Crippen molar-refractivity contribution in [2.45, 2.75) is 26.7 Å². The quantitative estimate of drug-likeness (QED) is 0.823. The Hall–Kier alpha value is -0.800. The number of nitrogens with two attached hydrogens (primary N) is 1. The molecule has 0 fully saturated rings. The summed E-state index contributed by atoms with van der Waals surface area (Å²) in [6.07, 6.45) is 1.44. The summed E-state index contributed by atoms with van der Waals surface area (Å²) >= 11 is 10.9. The molecule has 1 rings (SSSR count). The number of aryl methyl sites for hydroxylation is 2. The number of benzene rings is 1. The van der Waals surface area contributed by atoms with Gasteiger partial charge in [-0.15, -0.1) is 0 Å². The van der Waals surface area contributed by atoms with Crippen LogP contribution in [0.4, 0.5) is 0 Å². The molecule has 0 unspecified atom stereocenters. The first kappa shape index (κ1) is 13.3. The highest BCUT2D eigenvalue weighted by Gasteiger charge is 2.07. The van der Waals surface area contributed by atoms with Crippen LogP contribution >= 0.6 is 23.8 Å². The summed E-state index contributed by atoms with van der Waals surface area (Å²) in [4.78, 5) is 0.513. The molecule has 16 heavy (non-hydrogen) atoms. The minimum Gasteiger partial charge on any atom is -0.494 e. The Morgan fingerprint density at radius 1 is 1.50 bits per heavy atom. The third-order valence-corrected chi connectivity index (χ3v) is 2.89. The second-order valence-electron chi connectivity index (χ2n) is 3.61. The molecule has 1 aromatic rings. The zero-order chi connectivity index (χ0) is 12.1. The van der Waals surface area contributed by atoms with Crippen LogP contribution in [-0.4, -0.2) is 11.6 Å². The molecule has 88 valence electrons. The first-order valence-electron chi connectivity index (χ1n) is 5.24. The summed E-state index contributed by atoms with van der Waals surface area (Å²) < 4.78 is 5.56. The predicted molar refractivity (Wildman–Crippen MR) is 72.5 cm³/mol. The molecule has 0 spiro atoms. The van der Waals surface area contributed by atoms with E-state index in [-0.39, 0.29) is 0 Å². The van der Waals surface area contributed by atoms with E-state index in [4.69, 9.17) is 34.3 Å². The first-order chi connectivity index (χ1) is 7.54. The van der Waals surface area contributed by atoms with Gasteiger partial charge in [-0.25, -0.2) is 0 Å². The highest BCUT2D eigenvalue weighted by Crippen LogP contribution is 2.27. The molecule has 4 heteroatoms. The number of thiocarbonyl (C=S) groups is 1. The lowest BCUT2D eigenvalue weighted by atomic mass is 10.1. The molecule has 0 aliphatic rings. The van der Waals surface area contributed by atoms with Gasteiger partial charge in [-0.1, -0.05) is 23.8 Å². The fourth-order valence-corrected chi connectivity index (χ4v) is 1.73.